The molecule has 5 heteroatoms. The van der Waals surface area contributed by atoms with Gasteiger partial charge in [-0.25, -0.2) is 4.98 Å². The third kappa shape index (κ3) is 3.72. The predicted molar refractivity (Wildman–Crippen MR) is 83.4 cm³/mol. The fourth-order valence-electron chi connectivity index (χ4n) is 2.06. The Balaban J connectivity index is 1.99. The van der Waals surface area contributed by atoms with Crippen LogP contribution < -0.4 is 15.8 Å². The topological polar surface area (TPSA) is 77.2 Å². The van der Waals surface area contributed by atoms with Crippen molar-refractivity contribution in [3.8, 4) is 5.75 Å². The molecule has 2 aromatic rings. The van der Waals surface area contributed by atoms with Crippen molar-refractivity contribution in [1.82, 2.24) is 4.98 Å². The zero-order valence-corrected chi connectivity index (χ0v) is 12.4. The van der Waals surface area contributed by atoms with Crippen LogP contribution in [0.2, 0.25) is 0 Å². The Hall–Kier alpha value is -2.56. The molecular weight excluding hydrogens is 266 g/mol. The molecule has 0 fully saturated rings. The predicted octanol–water partition coefficient (Wildman–Crippen LogP) is 2.61. The van der Waals surface area contributed by atoms with E-state index in [-0.39, 0.29) is 12.5 Å². The number of hydrogen-bond acceptors (Lipinski definition) is 4. The zero-order chi connectivity index (χ0) is 15.4. The molecule has 0 aliphatic carbocycles. The van der Waals surface area contributed by atoms with Crippen LogP contribution in [0, 0.1) is 20.8 Å². The van der Waals surface area contributed by atoms with Crippen molar-refractivity contribution >= 4 is 17.4 Å². The molecule has 110 valence electrons. The monoisotopic (exact) mass is 285 g/mol. The molecule has 0 saturated heterocycles. The summed E-state index contributed by atoms with van der Waals surface area (Å²) in [7, 11) is 0. The standard InChI is InChI=1S/C16H19N3O2/c1-10-5-4-6-11(2)16(10)21-9-15(20)19-13-7-8-14(17)18-12(13)3/h4-8H,9H2,1-3H3,(H2,17,18)(H,19,20). The SMILES string of the molecule is Cc1cccc(C)c1OCC(=O)Nc1ccc(N)nc1C. The molecule has 1 heterocycles. The fourth-order valence-corrected chi connectivity index (χ4v) is 2.06. The number of benzene rings is 1. The Bertz CT molecular complexity index is 648. The molecule has 0 aliphatic heterocycles. The Labute approximate surface area is 124 Å². The van der Waals surface area contributed by atoms with Gasteiger partial charge >= 0.3 is 0 Å². The second kappa shape index (κ2) is 6.26. The van der Waals surface area contributed by atoms with Gasteiger partial charge in [0.25, 0.3) is 5.91 Å². The Morgan fingerprint density at radius 3 is 2.48 bits per heavy atom. The third-order valence-corrected chi connectivity index (χ3v) is 3.14. The summed E-state index contributed by atoms with van der Waals surface area (Å²) in [6.45, 7) is 5.65. The summed E-state index contributed by atoms with van der Waals surface area (Å²) in [5.74, 6) is 0.949. The smallest absolute Gasteiger partial charge is 0.262 e. The molecule has 1 aromatic heterocycles. The molecule has 0 aliphatic rings. The maximum absolute atomic E-state index is 12.0. The molecule has 0 atom stereocenters. The van der Waals surface area contributed by atoms with Crippen LogP contribution in [0.25, 0.3) is 0 Å². The lowest BCUT2D eigenvalue weighted by Gasteiger charge is -2.12. The highest BCUT2D eigenvalue weighted by molar-refractivity contribution is 5.92. The molecule has 5 nitrogen and oxygen atoms in total. The summed E-state index contributed by atoms with van der Waals surface area (Å²) in [4.78, 5) is 16.0. The van der Waals surface area contributed by atoms with Gasteiger partial charge in [-0.2, -0.15) is 0 Å². The van der Waals surface area contributed by atoms with Gasteiger partial charge in [0, 0.05) is 0 Å². The zero-order valence-electron chi connectivity index (χ0n) is 12.4. The number of aryl methyl sites for hydroxylation is 3. The van der Waals surface area contributed by atoms with Crippen LogP contribution in [0.15, 0.2) is 30.3 Å². The van der Waals surface area contributed by atoms with E-state index in [0.29, 0.717) is 17.2 Å². The van der Waals surface area contributed by atoms with E-state index in [4.69, 9.17) is 10.5 Å². The van der Waals surface area contributed by atoms with E-state index in [1.54, 1.807) is 19.1 Å². The summed E-state index contributed by atoms with van der Waals surface area (Å²) in [5.41, 5.74) is 8.91. The number of nitrogen functional groups attached to an aromatic ring is 1. The van der Waals surface area contributed by atoms with Gasteiger partial charge in [0.2, 0.25) is 0 Å². The van der Waals surface area contributed by atoms with Gasteiger partial charge in [-0.1, -0.05) is 18.2 Å². The van der Waals surface area contributed by atoms with Gasteiger partial charge in [0.15, 0.2) is 6.61 Å². The number of carbonyl (C=O) groups is 1. The highest BCUT2D eigenvalue weighted by atomic mass is 16.5. The minimum atomic E-state index is -0.229. The maximum atomic E-state index is 12.0. The maximum Gasteiger partial charge on any atom is 0.262 e. The average molecular weight is 285 g/mol. The molecule has 21 heavy (non-hydrogen) atoms. The quantitative estimate of drug-likeness (QED) is 0.905. The lowest BCUT2D eigenvalue weighted by molar-refractivity contribution is -0.118. The molecule has 0 spiro atoms. The van der Waals surface area contributed by atoms with Crippen LogP contribution in [0.3, 0.4) is 0 Å². The highest BCUT2D eigenvalue weighted by Gasteiger charge is 2.09. The number of pyridine rings is 1. The van der Waals surface area contributed by atoms with Crippen LogP contribution in [0.5, 0.6) is 5.75 Å². The van der Waals surface area contributed by atoms with Crippen molar-refractivity contribution in [2.75, 3.05) is 17.7 Å². The highest BCUT2D eigenvalue weighted by Crippen LogP contribution is 2.22. The first-order chi connectivity index (χ1) is 9.97. The summed E-state index contributed by atoms with van der Waals surface area (Å²) >= 11 is 0. The Kier molecular flexibility index (Phi) is 4.42. The number of rotatable bonds is 4. The van der Waals surface area contributed by atoms with E-state index >= 15 is 0 Å². The lowest BCUT2D eigenvalue weighted by Crippen LogP contribution is -2.21. The van der Waals surface area contributed by atoms with Crippen LogP contribution in [-0.2, 0) is 4.79 Å². The Morgan fingerprint density at radius 1 is 1.19 bits per heavy atom. The number of aromatic nitrogens is 1. The van der Waals surface area contributed by atoms with E-state index in [1.165, 1.54) is 0 Å². The van der Waals surface area contributed by atoms with Crippen molar-refractivity contribution < 1.29 is 9.53 Å². The van der Waals surface area contributed by atoms with Crippen molar-refractivity contribution in [3.05, 3.63) is 47.2 Å². The van der Waals surface area contributed by atoms with Gasteiger partial charge in [-0.15, -0.1) is 0 Å². The van der Waals surface area contributed by atoms with Crippen molar-refractivity contribution in [3.63, 3.8) is 0 Å². The van der Waals surface area contributed by atoms with Crippen molar-refractivity contribution in [2.24, 2.45) is 0 Å². The van der Waals surface area contributed by atoms with Crippen LogP contribution in [-0.4, -0.2) is 17.5 Å². The summed E-state index contributed by atoms with van der Waals surface area (Å²) in [6, 6.07) is 9.24. The number of carbonyl (C=O) groups excluding carboxylic acids is 1. The van der Waals surface area contributed by atoms with Crippen LogP contribution in [0.1, 0.15) is 16.8 Å². The number of nitrogens with one attached hydrogen (secondary N) is 1. The van der Waals surface area contributed by atoms with Gasteiger partial charge in [0.05, 0.1) is 11.4 Å². The first kappa shape index (κ1) is 14.8. The molecule has 0 bridgehead atoms. The largest absolute Gasteiger partial charge is 0.483 e. The molecule has 3 N–H and O–H groups in total. The summed E-state index contributed by atoms with van der Waals surface area (Å²) in [5, 5.41) is 2.76. The van der Waals surface area contributed by atoms with Crippen LogP contribution >= 0.6 is 0 Å². The molecule has 0 saturated carbocycles. The van der Waals surface area contributed by atoms with Crippen LogP contribution in [0.4, 0.5) is 11.5 Å². The molecule has 0 unspecified atom stereocenters. The number of anilines is 2. The Morgan fingerprint density at radius 2 is 1.86 bits per heavy atom. The molecular formula is C16H19N3O2. The number of amides is 1. The summed E-state index contributed by atoms with van der Waals surface area (Å²) in [6.07, 6.45) is 0. The van der Waals surface area contributed by atoms with E-state index < -0.39 is 0 Å². The molecule has 1 amide bonds. The molecule has 0 radical (unpaired) electrons. The van der Waals surface area contributed by atoms with Gasteiger partial charge < -0.3 is 15.8 Å². The normalized spacial score (nSPS) is 10.2. The fraction of sp³-hybridized carbons (Fsp3) is 0.250. The van der Waals surface area contributed by atoms with Gasteiger partial charge in [-0.3, -0.25) is 4.79 Å². The third-order valence-electron chi connectivity index (χ3n) is 3.14. The second-order valence-electron chi connectivity index (χ2n) is 4.93. The number of nitrogens with two attached hydrogens (primary N) is 1. The van der Waals surface area contributed by atoms with E-state index in [0.717, 1.165) is 16.9 Å². The van der Waals surface area contributed by atoms with E-state index in [2.05, 4.69) is 10.3 Å². The number of hydrogen-bond donors (Lipinski definition) is 2. The van der Waals surface area contributed by atoms with Gasteiger partial charge in [0.1, 0.15) is 11.6 Å². The van der Waals surface area contributed by atoms with Crippen molar-refractivity contribution in [2.45, 2.75) is 20.8 Å². The minimum Gasteiger partial charge on any atom is -0.483 e. The number of ether oxygens (including phenoxy) is 1. The van der Waals surface area contributed by atoms with E-state index in [1.807, 2.05) is 32.0 Å². The van der Waals surface area contributed by atoms with Gasteiger partial charge in [-0.05, 0) is 44.0 Å². The lowest BCUT2D eigenvalue weighted by atomic mass is 10.1. The average Bonchev–Trinajstić information content (AvgIpc) is 2.41. The van der Waals surface area contributed by atoms with E-state index in [9.17, 15) is 4.79 Å². The first-order valence-corrected chi connectivity index (χ1v) is 6.69. The summed E-state index contributed by atoms with van der Waals surface area (Å²) < 4.78 is 5.61. The molecule has 2 rings (SSSR count). The first-order valence-electron chi connectivity index (χ1n) is 6.69. The molecule has 1 aromatic carbocycles. The van der Waals surface area contributed by atoms with Crippen molar-refractivity contribution in [1.29, 1.82) is 0 Å². The number of nitrogens with zero attached hydrogens (tertiary/aromatic N) is 1. The second-order valence-corrected chi connectivity index (χ2v) is 4.93. The number of para-hydroxylation sites is 1. The minimum absolute atomic E-state index is 0.0461.